The van der Waals surface area contributed by atoms with Gasteiger partial charge in [0.25, 0.3) is 0 Å². The van der Waals surface area contributed by atoms with Gasteiger partial charge in [-0.3, -0.25) is 4.90 Å². The maximum absolute atomic E-state index is 5.80. The Morgan fingerprint density at radius 3 is 2.94 bits per heavy atom. The first-order valence-corrected chi connectivity index (χ1v) is 5.62. The quantitative estimate of drug-likeness (QED) is 0.843. The number of furan rings is 1. The third-order valence-electron chi connectivity index (χ3n) is 2.94. The summed E-state index contributed by atoms with van der Waals surface area (Å²) >= 11 is 0. The van der Waals surface area contributed by atoms with Gasteiger partial charge in [-0.05, 0) is 19.2 Å². The Bertz CT molecular complexity index is 449. The largest absolute Gasteiger partial charge is 0.468 e. The minimum absolute atomic E-state index is 0.0849. The van der Waals surface area contributed by atoms with Gasteiger partial charge in [-0.1, -0.05) is 0 Å². The standard InChI is InChI=1S/C12H18N4O/c1-15-6-5-14-12(15)9-16(2)10(8-13)11-4-3-7-17-11/h3-7,10H,8-9,13H2,1-2H3. The smallest absolute Gasteiger partial charge is 0.122 e. The van der Waals surface area contributed by atoms with E-state index in [1.54, 1.807) is 12.5 Å². The highest BCUT2D eigenvalue weighted by Crippen LogP contribution is 2.19. The van der Waals surface area contributed by atoms with Crippen LogP contribution in [0, 0.1) is 0 Å². The summed E-state index contributed by atoms with van der Waals surface area (Å²) in [4.78, 5) is 6.44. The molecule has 0 bridgehead atoms. The fourth-order valence-electron chi connectivity index (χ4n) is 1.88. The predicted molar refractivity (Wildman–Crippen MR) is 65.2 cm³/mol. The second-order valence-electron chi connectivity index (χ2n) is 4.14. The second-order valence-corrected chi connectivity index (χ2v) is 4.14. The first kappa shape index (κ1) is 11.9. The minimum atomic E-state index is 0.0849. The lowest BCUT2D eigenvalue weighted by atomic mass is 10.2. The lowest BCUT2D eigenvalue weighted by molar-refractivity contribution is 0.206. The maximum Gasteiger partial charge on any atom is 0.122 e. The third kappa shape index (κ3) is 2.57. The van der Waals surface area contributed by atoms with Crippen LogP contribution >= 0.6 is 0 Å². The number of aromatic nitrogens is 2. The van der Waals surface area contributed by atoms with Crippen molar-refractivity contribution in [2.75, 3.05) is 13.6 Å². The van der Waals surface area contributed by atoms with E-state index in [0.29, 0.717) is 6.54 Å². The summed E-state index contributed by atoms with van der Waals surface area (Å²) in [6.45, 7) is 1.26. The maximum atomic E-state index is 5.80. The Kier molecular flexibility index (Phi) is 3.61. The number of hydrogen-bond donors (Lipinski definition) is 1. The van der Waals surface area contributed by atoms with E-state index >= 15 is 0 Å². The van der Waals surface area contributed by atoms with Crippen molar-refractivity contribution in [2.45, 2.75) is 12.6 Å². The van der Waals surface area contributed by atoms with Gasteiger partial charge in [0.05, 0.1) is 18.8 Å². The minimum Gasteiger partial charge on any atom is -0.468 e. The Balaban J connectivity index is 2.08. The summed E-state index contributed by atoms with van der Waals surface area (Å²) in [5, 5.41) is 0. The zero-order valence-corrected chi connectivity index (χ0v) is 10.2. The van der Waals surface area contributed by atoms with Crippen LogP contribution in [-0.4, -0.2) is 28.0 Å². The molecule has 2 aromatic rings. The molecule has 2 heterocycles. The summed E-state index contributed by atoms with van der Waals surface area (Å²) in [6, 6.07) is 3.92. The molecule has 1 unspecified atom stereocenters. The molecule has 0 saturated carbocycles. The van der Waals surface area contributed by atoms with Gasteiger partial charge in [0.1, 0.15) is 11.6 Å². The lowest BCUT2D eigenvalue weighted by Crippen LogP contribution is -2.30. The Hall–Kier alpha value is -1.59. The third-order valence-corrected chi connectivity index (χ3v) is 2.94. The number of likely N-dealkylation sites (N-methyl/N-ethyl adjacent to an activating group) is 1. The van der Waals surface area contributed by atoms with Crippen molar-refractivity contribution >= 4 is 0 Å². The van der Waals surface area contributed by atoms with Gasteiger partial charge in [-0.2, -0.15) is 0 Å². The van der Waals surface area contributed by atoms with E-state index in [4.69, 9.17) is 10.2 Å². The first-order chi connectivity index (χ1) is 8.22. The van der Waals surface area contributed by atoms with Crippen LogP contribution in [0.4, 0.5) is 0 Å². The summed E-state index contributed by atoms with van der Waals surface area (Å²) in [5.41, 5.74) is 5.80. The molecule has 0 aliphatic heterocycles. The van der Waals surface area contributed by atoms with Crippen molar-refractivity contribution in [1.82, 2.24) is 14.5 Å². The Morgan fingerprint density at radius 1 is 1.59 bits per heavy atom. The average molecular weight is 234 g/mol. The second kappa shape index (κ2) is 5.16. The Morgan fingerprint density at radius 2 is 2.41 bits per heavy atom. The van der Waals surface area contributed by atoms with Gasteiger partial charge < -0.3 is 14.7 Å². The molecule has 0 saturated heterocycles. The van der Waals surface area contributed by atoms with Crippen LogP contribution in [-0.2, 0) is 13.6 Å². The van der Waals surface area contributed by atoms with E-state index in [1.165, 1.54) is 0 Å². The molecule has 0 amide bonds. The first-order valence-electron chi connectivity index (χ1n) is 5.62. The van der Waals surface area contributed by atoms with Crippen LogP contribution in [0.5, 0.6) is 0 Å². The van der Waals surface area contributed by atoms with Crippen molar-refractivity contribution < 1.29 is 4.42 Å². The number of nitrogens with two attached hydrogens (primary N) is 1. The van der Waals surface area contributed by atoms with E-state index < -0.39 is 0 Å². The van der Waals surface area contributed by atoms with Gasteiger partial charge in [0.15, 0.2) is 0 Å². The number of imidazole rings is 1. The highest BCUT2D eigenvalue weighted by atomic mass is 16.3. The van der Waals surface area contributed by atoms with Crippen LogP contribution in [0.1, 0.15) is 17.6 Å². The van der Waals surface area contributed by atoms with Gasteiger partial charge >= 0.3 is 0 Å². The molecule has 5 nitrogen and oxygen atoms in total. The molecule has 17 heavy (non-hydrogen) atoms. The molecular weight excluding hydrogens is 216 g/mol. The van der Waals surface area contributed by atoms with Gasteiger partial charge in [-0.15, -0.1) is 0 Å². The fraction of sp³-hybridized carbons (Fsp3) is 0.417. The summed E-state index contributed by atoms with van der Waals surface area (Å²) < 4.78 is 7.41. The SMILES string of the molecule is CN(Cc1nccn1C)C(CN)c1ccco1. The average Bonchev–Trinajstić information content (AvgIpc) is 2.93. The molecule has 1 atom stereocenters. The van der Waals surface area contributed by atoms with Crippen LogP contribution < -0.4 is 5.73 Å². The van der Waals surface area contributed by atoms with Crippen molar-refractivity contribution in [3.63, 3.8) is 0 Å². The van der Waals surface area contributed by atoms with Gasteiger partial charge in [0.2, 0.25) is 0 Å². The topological polar surface area (TPSA) is 60.2 Å². The lowest BCUT2D eigenvalue weighted by Gasteiger charge is -2.24. The normalized spacial score (nSPS) is 13.2. The molecule has 0 spiro atoms. The molecule has 5 heteroatoms. The van der Waals surface area contributed by atoms with Crippen LogP contribution in [0.15, 0.2) is 35.2 Å². The molecule has 0 aliphatic carbocycles. The van der Waals surface area contributed by atoms with E-state index in [9.17, 15) is 0 Å². The van der Waals surface area contributed by atoms with Gasteiger partial charge in [-0.25, -0.2) is 4.98 Å². The zero-order chi connectivity index (χ0) is 12.3. The summed E-state index contributed by atoms with van der Waals surface area (Å²) in [5.74, 6) is 1.90. The number of aryl methyl sites for hydroxylation is 1. The van der Waals surface area contributed by atoms with Crippen LogP contribution in [0.2, 0.25) is 0 Å². The van der Waals surface area contributed by atoms with E-state index in [0.717, 1.165) is 18.1 Å². The number of nitrogens with zero attached hydrogens (tertiary/aromatic N) is 3. The summed E-state index contributed by atoms with van der Waals surface area (Å²) in [6.07, 6.45) is 5.41. The highest BCUT2D eigenvalue weighted by Gasteiger charge is 2.19. The molecule has 92 valence electrons. The monoisotopic (exact) mass is 234 g/mol. The van der Waals surface area contributed by atoms with Crippen molar-refractivity contribution in [2.24, 2.45) is 12.8 Å². The fourth-order valence-corrected chi connectivity index (χ4v) is 1.88. The summed E-state index contributed by atoms with van der Waals surface area (Å²) in [7, 11) is 4.01. The molecule has 0 radical (unpaired) electrons. The zero-order valence-electron chi connectivity index (χ0n) is 10.2. The molecule has 2 N–H and O–H groups in total. The predicted octanol–water partition coefficient (Wildman–Crippen LogP) is 1.14. The molecule has 2 rings (SSSR count). The highest BCUT2D eigenvalue weighted by molar-refractivity contribution is 5.05. The Labute approximate surface area is 101 Å². The molecule has 0 fully saturated rings. The van der Waals surface area contributed by atoms with Crippen LogP contribution in [0.25, 0.3) is 0 Å². The molecular formula is C12H18N4O. The number of rotatable bonds is 5. The van der Waals surface area contributed by atoms with Crippen LogP contribution in [0.3, 0.4) is 0 Å². The van der Waals surface area contributed by atoms with Gasteiger partial charge in [0, 0.05) is 26.0 Å². The van der Waals surface area contributed by atoms with E-state index in [2.05, 4.69) is 9.88 Å². The number of hydrogen-bond acceptors (Lipinski definition) is 4. The van der Waals surface area contributed by atoms with E-state index in [-0.39, 0.29) is 6.04 Å². The molecule has 0 aliphatic rings. The van der Waals surface area contributed by atoms with Crippen molar-refractivity contribution in [3.8, 4) is 0 Å². The van der Waals surface area contributed by atoms with Crippen molar-refractivity contribution in [3.05, 3.63) is 42.4 Å². The molecule has 0 aromatic carbocycles. The van der Waals surface area contributed by atoms with E-state index in [1.807, 2.05) is 37.0 Å². The molecule has 2 aromatic heterocycles. The van der Waals surface area contributed by atoms with Crippen molar-refractivity contribution in [1.29, 1.82) is 0 Å².